The minimum absolute atomic E-state index is 0.0395. The van der Waals surface area contributed by atoms with Crippen molar-refractivity contribution in [2.45, 2.75) is 39.7 Å². The van der Waals surface area contributed by atoms with E-state index in [1.54, 1.807) is 6.20 Å². The lowest BCUT2D eigenvalue weighted by atomic mass is 10.1. The molecule has 0 atom stereocenters. The zero-order valence-corrected chi connectivity index (χ0v) is 16.2. The number of aromatic nitrogens is 2. The fourth-order valence-electron chi connectivity index (χ4n) is 2.38. The number of fused-ring (bicyclic) bond motifs is 1. The van der Waals surface area contributed by atoms with Crippen molar-refractivity contribution >= 4 is 23.2 Å². The van der Waals surface area contributed by atoms with Crippen LogP contribution in [0, 0.1) is 6.92 Å². The lowest BCUT2D eigenvalue weighted by molar-refractivity contribution is -0.132. The van der Waals surface area contributed by atoms with Gasteiger partial charge in [0.05, 0.1) is 23.5 Å². The summed E-state index contributed by atoms with van der Waals surface area (Å²) in [6.45, 7) is 8.03. The van der Waals surface area contributed by atoms with Crippen LogP contribution >= 0.6 is 0 Å². The summed E-state index contributed by atoms with van der Waals surface area (Å²) in [5.74, 6) is -1.12. The second kappa shape index (κ2) is 8.73. The highest BCUT2D eigenvalue weighted by molar-refractivity contribution is 6.09. The highest BCUT2D eigenvalue weighted by Gasteiger charge is 2.15. The number of nitrogens with two attached hydrogens (primary N) is 1. The third-order valence-electron chi connectivity index (χ3n) is 3.85. The van der Waals surface area contributed by atoms with Crippen molar-refractivity contribution in [1.29, 1.82) is 0 Å². The van der Waals surface area contributed by atoms with Gasteiger partial charge in [0.1, 0.15) is 0 Å². The van der Waals surface area contributed by atoms with Gasteiger partial charge in [0.25, 0.3) is 0 Å². The molecule has 0 aliphatic heterocycles. The molecule has 0 aliphatic carbocycles. The summed E-state index contributed by atoms with van der Waals surface area (Å²) < 4.78 is 5.53. The number of carboxylic acids is 1. The molecule has 0 aromatic carbocycles. The SMILES string of the molecule is Cc1nc2ncccc2cc1CCN=CC(C(=O)O)=C(N)COC(C)(C)C. The van der Waals surface area contributed by atoms with E-state index in [9.17, 15) is 9.90 Å². The highest BCUT2D eigenvalue weighted by Crippen LogP contribution is 2.15. The summed E-state index contributed by atoms with van der Waals surface area (Å²) in [7, 11) is 0. The molecular weight excluding hydrogens is 344 g/mol. The standard InChI is InChI=1S/C20H26N4O3/c1-13-14(10-15-6-5-8-23-18(15)24-13)7-9-22-11-16(19(25)26)17(21)12-27-20(2,3)4/h5-6,8,10-11H,7,9,12,21H2,1-4H3,(H,25,26). The first-order valence-electron chi connectivity index (χ1n) is 8.74. The van der Waals surface area contributed by atoms with E-state index in [1.807, 2.05) is 45.9 Å². The summed E-state index contributed by atoms with van der Waals surface area (Å²) in [5.41, 5.74) is 8.23. The number of ether oxygens (including phenoxy) is 1. The van der Waals surface area contributed by atoms with Crippen LogP contribution in [0.5, 0.6) is 0 Å². The molecule has 0 bridgehead atoms. The molecule has 2 aromatic heterocycles. The van der Waals surface area contributed by atoms with E-state index >= 15 is 0 Å². The molecule has 2 rings (SSSR count). The van der Waals surface area contributed by atoms with E-state index < -0.39 is 11.6 Å². The third-order valence-corrected chi connectivity index (χ3v) is 3.85. The van der Waals surface area contributed by atoms with Crippen LogP contribution in [0.3, 0.4) is 0 Å². The van der Waals surface area contributed by atoms with Crippen LogP contribution < -0.4 is 5.73 Å². The molecule has 3 N–H and O–H groups in total. The van der Waals surface area contributed by atoms with Crippen LogP contribution in [0.4, 0.5) is 0 Å². The van der Waals surface area contributed by atoms with Gasteiger partial charge in [0, 0.05) is 30.0 Å². The van der Waals surface area contributed by atoms with E-state index in [4.69, 9.17) is 10.5 Å². The predicted molar refractivity (Wildman–Crippen MR) is 106 cm³/mol. The van der Waals surface area contributed by atoms with Crippen molar-refractivity contribution in [1.82, 2.24) is 9.97 Å². The van der Waals surface area contributed by atoms with Crippen molar-refractivity contribution in [2.24, 2.45) is 10.7 Å². The number of aliphatic imine (C=N–C) groups is 1. The molecule has 7 nitrogen and oxygen atoms in total. The van der Waals surface area contributed by atoms with Gasteiger partial charge in [-0.25, -0.2) is 14.8 Å². The van der Waals surface area contributed by atoms with Gasteiger partial charge >= 0.3 is 5.97 Å². The number of hydrogen-bond acceptors (Lipinski definition) is 6. The average Bonchev–Trinajstić information content (AvgIpc) is 2.59. The van der Waals surface area contributed by atoms with Crippen LogP contribution in [0.2, 0.25) is 0 Å². The number of carbonyl (C=O) groups is 1. The van der Waals surface area contributed by atoms with E-state index in [1.165, 1.54) is 6.21 Å². The zero-order chi connectivity index (χ0) is 20.0. The first kappa shape index (κ1) is 20.5. The summed E-state index contributed by atoms with van der Waals surface area (Å²) in [4.78, 5) is 24.4. The van der Waals surface area contributed by atoms with Gasteiger partial charge < -0.3 is 15.6 Å². The molecule has 0 spiro atoms. The third kappa shape index (κ3) is 6.14. The van der Waals surface area contributed by atoms with Gasteiger partial charge in [-0.3, -0.25) is 4.99 Å². The van der Waals surface area contributed by atoms with Crippen LogP contribution in [-0.4, -0.2) is 46.0 Å². The van der Waals surface area contributed by atoms with Crippen molar-refractivity contribution in [3.05, 3.63) is 46.9 Å². The predicted octanol–water partition coefficient (Wildman–Crippen LogP) is 2.66. The first-order valence-corrected chi connectivity index (χ1v) is 8.74. The molecule has 144 valence electrons. The van der Waals surface area contributed by atoms with Gasteiger partial charge in [0.15, 0.2) is 5.65 Å². The first-order chi connectivity index (χ1) is 12.7. The molecule has 2 aromatic rings. The van der Waals surface area contributed by atoms with Gasteiger partial charge in [-0.05, 0) is 57.9 Å². The lowest BCUT2D eigenvalue weighted by Crippen LogP contribution is -2.24. The van der Waals surface area contributed by atoms with Crippen molar-refractivity contribution in [3.8, 4) is 0 Å². The number of aliphatic carboxylic acids is 1. The normalized spacial score (nSPS) is 13.2. The molecule has 0 aliphatic rings. The fraction of sp³-hybridized carbons (Fsp3) is 0.400. The minimum atomic E-state index is -1.12. The molecule has 27 heavy (non-hydrogen) atoms. The monoisotopic (exact) mass is 370 g/mol. The topological polar surface area (TPSA) is 111 Å². The van der Waals surface area contributed by atoms with Gasteiger partial charge in [0.2, 0.25) is 0 Å². The maximum Gasteiger partial charge on any atom is 0.339 e. The fourth-order valence-corrected chi connectivity index (χ4v) is 2.38. The number of hydrogen-bond donors (Lipinski definition) is 2. The Balaban J connectivity index is 2.06. The molecule has 0 unspecified atom stereocenters. The quantitative estimate of drug-likeness (QED) is 0.573. The smallest absolute Gasteiger partial charge is 0.339 e. The number of rotatable bonds is 7. The molecule has 0 saturated heterocycles. The van der Waals surface area contributed by atoms with Gasteiger partial charge in [-0.1, -0.05) is 0 Å². The van der Waals surface area contributed by atoms with Crippen molar-refractivity contribution in [2.75, 3.05) is 13.2 Å². The Kier molecular flexibility index (Phi) is 6.63. The van der Waals surface area contributed by atoms with Gasteiger partial charge in [-0.2, -0.15) is 0 Å². The molecule has 0 fully saturated rings. The molecule has 2 heterocycles. The Morgan fingerprint density at radius 2 is 2.15 bits per heavy atom. The Labute approximate surface area is 159 Å². The molecule has 0 radical (unpaired) electrons. The van der Waals surface area contributed by atoms with E-state index in [2.05, 4.69) is 15.0 Å². The molecular formula is C20H26N4O3. The summed E-state index contributed by atoms with van der Waals surface area (Å²) >= 11 is 0. The van der Waals surface area contributed by atoms with Crippen molar-refractivity contribution in [3.63, 3.8) is 0 Å². The Morgan fingerprint density at radius 1 is 1.41 bits per heavy atom. The largest absolute Gasteiger partial charge is 0.478 e. The van der Waals surface area contributed by atoms with Crippen LogP contribution in [0.15, 0.2) is 40.7 Å². The number of nitrogens with zero attached hydrogens (tertiary/aromatic N) is 3. The van der Waals surface area contributed by atoms with Gasteiger partial charge in [-0.15, -0.1) is 0 Å². The van der Waals surface area contributed by atoms with Crippen molar-refractivity contribution < 1.29 is 14.6 Å². The lowest BCUT2D eigenvalue weighted by Gasteiger charge is -2.19. The Hall–Kier alpha value is -2.80. The second-order valence-corrected chi connectivity index (χ2v) is 7.21. The summed E-state index contributed by atoms with van der Waals surface area (Å²) in [6, 6.07) is 5.87. The number of aryl methyl sites for hydroxylation is 1. The van der Waals surface area contributed by atoms with E-state index in [0.29, 0.717) is 18.6 Å². The van der Waals surface area contributed by atoms with E-state index in [0.717, 1.165) is 16.6 Å². The maximum absolute atomic E-state index is 11.4. The number of pyridine rings is 2. The summed E-state index contributed by atoms with van der Waals surface area (Å²) in [6.07, 6.45) is 3.66. The van der Waals surface area contributed by atoms with Crippen LogP contribution in [0.1, 0.15) is 32.0 Å². The van der Waals surface area contributed by atoms with E-state index in [-0.39, 0.29) is 17.9 Å². The maximum atomic E-state index is 11.4. The zero-order valence-electron chi connectivity index (χ0n) is 16.2. The minimum Gasteiger partial charge on any atom is -0.478 e. The van der Waals surface area contributed by atoms with Crippen LogP contribution in [0.25, 0.3) is 11.0 Å². The number of carboxylic acid groups (broad SMARTS) is 1. The molecule has 7 heteroatoms. The summed E-state index contributed by atoms with van der Waals surface area (Å²) in [5, 5.41) is 10.3. The average molecular weight is 370 g/mol. The van der Waals surface area contributed by atoms with Crippen LogP contribution in [-0.2, 0) is 16.0 Å². The second-order valence-electron chi connectivity index (χ2n) is 7.21. The Morgan fingerprint density at radius 3 is 2.81 bits per heavy atom. The molecule has 0 saturated carbocycles. The Bertz CT molecular complexity index is 882. The highest BCUT2D eigenvalue weighted by atomic mass is 16.5. The molecule has 0 amide bonds.